The van der Waals surface area contributed by atoms with E-state index in [-0.39, 0.29) is 17.4 Å². The Kier molecular flexibility index (Phi) is 5.80. The number of carbonyl (C=O) groups is 2. The average molecular weight is 367 g/mol. The van der Waals surface area contributed by atoms with E-state index in [4.69, 9.17) is 0 Å². The molecule has 5 nitrogen and oxygen atoms in total. The van der Waals surface area contributed by atoms with Gasteiger partial charge in [-0.25, -0.2) is 0 Å². The number of anilines is 1. The van der Waals surface area contributed by atoms with Crippen molar-refractivity contribution in [3.8, 4) is 0 Å². The second kappa shape index (κ2) is 8.09. The largest absolute Gasteiger partial charge is 0.350 e. The van der Waals surface area contributed by atoms with E-state index in [1.54, 1.807) is 0 Å². The van der Waals surface area contributed by atoms with E-state index in [0.717, 1.165) is 23.6 Å². The summed E-state index contributed by atoms with van der Waals surface area (Å²) in [7, 11) is 4.19. The van der Waals surface area contributed by atoms with Crippen molar-refractivity contribution in [1.29, 1.82) is 0 Å². The van der Waals surface area contributed by atoms with Crippen molar-refractivity contribution >= 4 is 28.3 Å². The van der Waals surface area contributed by atoms with Gasteiger partial charge in [0.2, 0.25) is 5.91 Å². The Balaban J connectivity index is 1.86. The van der Waals surface area contributed by atoms with E-state index in [1.807, 2.05) is 36.4 Å². The van der Waals surface area contributed by atoms with Gasteiger partial charge in [-0.05, 0) is 49.8 Å². The highest BCUT2D eigenvalue weighted by atomic mass is 16.2. The molecule has 1 saturated carbocycles. The minimum absolute atomic E-state index is 0.0128. The number of benzene rings is 2. The normalized spacial score (nSPS) is 16.3. The van der Waals surface area contributed by atoms with Crippen LogP contribution in [0.5, 0.6) is 0 Å². The van der Waals surface area contributed by atoms with Crippen LogP contribution in [0.15, 0.2) is 36.4 Å². The lowest BCUT2D eigenvalue weighted by atomic mass is 9.80. The van der Waals surface area contributed by atoms with Crippen LogP contribution in [0, 0.1) is 0 Å². The summed E-state index contributed by atoms with van der Waals surface area (Å²) in [5.74, 6) is -0.326. The van der Waals surface area contributed by atoms with Crippen molar-refractivity contribution in [2.24, 2.45) is 0 Å². The maximum atomic E-state index is 13.0. The summed E-state index contributed by atoms with van der Waals surface area (Å²) in [6.45, 7) is 2.07. The molecule has 0 radical (unpaired) electrons. The lowest BCUT2D eigenvalue weighted by molar-refractivity contribution is -0.114. The standard InChI is InChI=1S/C22H29N3O2/c1-16(26)24-20-14-18-10-6-5-9-17(18)13-19(20)21(27)23-15-22(25(2)3)11-7-4-8-12-22/h5-6,9-10,13-14H,4,7-8,11-12,15H2,1-3H3,(H,23,27)(H,24,26). The predicted molar refractivity (Wildman–Crippen MR) is 110 cm³/mol. The first-order valence-electron chi connectivity index (χ1n) is 9.67. The molecule has 0 bridgehead atoms. The highest BCUT2D eigenvalue weighted by molar-refractivity contribution is 6.07. The Morgan fingerprint density at radius 2 is 1.67 bits per heavy atom. The topological polar surface area (TPSA) is 61.4 Å². The second-order valence-electron chi connectivity index (χ2n) is 7.79. The van der Waals surface area contributed by atoms with Crippen LogP contribution in [-0.2, 0) is 4.79 Å². The first-order chi connectivity index (χ1) is 12.9. The molecule has 0 aromatic heterocycles. The third kappa shape index (κ3) is 4.30. The third-order valence-corrected chi connectivity index (χ3v) is 5.75. The predicted octanol–water partition coefficient (Wildman–Crippen LogP) is 3.79. The van der Waals surface area contributed by atoms with Gasteiger partial charge in [-0.15, -0.1) is 0 Å². The van der Waals surface area contributed by atoms with E-state index >= 15 is 0 Å². The van der Waals surface area contributed by atoms with Crippen molar-refractivity contribution in [2.75, 3.05) is 26.0 Å². The lowest BCUT2D eigenvalue weighted by Crippen LogP contribution is -2.53. The molecule has 0 saturated heterocycles. The molecule has 0 spiro atoms. The molecule has 0 aliphatic heterocycles. The van der Waals surface area contributed by atoms with E-state index in [1.165, 1.54) is 26.2 Å². The summed E-state index contributed by atoms with van der Waals surface area (Å²) in [5, 5.41) is 7.92. The van der Waals surface area contributed by atoms with E-state index in [0.29, 0.717) is 17.8 Å². The molecule has 1 aliphatic rings. The monoisotopic (exact) mass is 367 g/mol. The van der Waals surface area contributed by atoms with Gasteiger partial charge in [0.05, 0.1) is 11.3 Å². The van der Waals surface area contributed by atoms with Crippen LogP contribution in [0.4, 0.5) is 5.69 Å². The molecule has 2 aromatic rings. The third-order valence-electron chi connectivity index (χ3n) is 5.75. The Labute approximate surface area is 161 Å². The van der Waals surface area contributed by atoms with Crippen molar-refractivity contribution in [3.63, 3.8) is 0 Å². The second-order valence-corrected chi connectivity index (χ2v) is 7.79. The van der Waals surface area contributed by atoms with Crippen molar-refractivity contribution < 1.29 is 9.59 Å². The van der Waals surface area contributed by atoms with Gasteiger partial charge in [-0.1, -0.05) is 43.5 Å². The number of hydrogen-bond acceptors (Lipinski definition) is 3. The van der Waals surface area contributed by atoms with Crippen LogP contribution < -0.4 is 10.6 Å². The molecule has 144 valence electrons. The molecule has 27 heavy (non-hydrogen) atoms. The maximum absolute atomic E-state index is 13.0. The van der Waals surface area contributed by atoms with Gasteiger partial charge in [0, 0.05) is 19.0 Å². The van der Waals surface area contributed by atoms with Gasteiger partial charge >= 0.3 is 0 Å². The van der Waals surface area contributed by atoms with Crippen molar-refractivity contribution in [3.05, 3.63) is 42.0 Å². The Morgan fingerprint density at radius 1 is 1.04 bits per heavy atom. The highest BCUT2D eigenvalue weighted by Crippen LogP contribution is 2.32. The molecular formula is C22H29N3O2. The molecular weight excluding hydrogens is 338 g/mol. The minimum atomic E-state index is -0.184. The summed E-state index contributed by atoms with van der Waals surface area (Å²) in [5.41, 5.74) is 1.08. The van der Waals surface area contributed by atoms with Crippen LogP contribution in [0.3, 0.4) is 0 Å². The van der Waals surface area contributed by atoms with E-state index in [9.17, 15) is 9.59 Å². The summed E-state index contributed by atoms with van der Waals surface area (Å²) < 4.78 is 0. The SMILES string of the molecule is CC(=O)Nc1cc2ccccc2cc1C(=O)NCC1(N(C)C)CCCCC1. The quantitative estimate of drug-likeness (QED) is 0.845. The van der Waals surface area contributed by atoms with Crippen molar-refractivity contribution in [2.45, 2.75) is 44.6 Å². The fourth-order valence-electron chi connectivity index (χ4n) is 4.05. The van der Waals surface area contributed by atoms with Gasteiger partial charge < -0.3 is 15.5 Å². The number of amides is 2. The van der Waals surface area contributed by atoms with Crippen LogP contribution >= 0.6 is 0 Å². The number of likely N-dealkylation sites (N-methyl/N-ethyl adjacent to an activating group) is 1. The number of hydrogen-bond donors (Lipinski definition) is 2. The Hall–Kier alpha value is -2.40. The fraction of sp³-hybridized carbons (Fsp3) is 0.455. The van der Waals surface area contributed by atoms with Gasteiger partial charge in [0.1, 0.15) is 0 Å². The van der Waals surface area contributed by atoms with Gasteiger partial charge in [0.15, 0.2) is 0 Å². The molecule has 2 aromatic carbocycles. The number of fused-ring (bicyclic) bond motifs is 1. The zero-order chi connectivity index (χ0) is 19.4. The highest BCUT2D eigenvalue weighted by Gasteiger charge is 2.34. The zero-order valence-electron chi connectivity index (χ0n) is 16.5. The maximum Gasteiger partial charge on any atom is 0.253 e. The van der Waals surface area contributed by atoms with Crippen LogP contribution in [0.25, 0.3) is 10.8 Å². The van der Waals surface area contributed by atoms with Crippen LogP contribution in [0.1, 0.15) is 49.4 Å². The smallest absolute Gasteiger partial charge is 0.253 e. The Morgan fingerprint density at radius 3 is 2.26 bits per heavy atom. The number of nitrogens with one attached hydrogen (secondary N) is 2. The van der Waals surface area contributed by atoms with Gasteiger partial charge in [-0.3, -0.25) is 9.59 Å². The van der Waals surface area contributed by atoms with Crippen molar-refractivity contribution in [1.82, 2.24) is 10.2 Å². The molecule has 0 atom stereocenters. The molecule has 3 rings (SSSR count). The number of nitrogens with zero attached hydrogens (tertiary/aromatic N) is 1. The summed E-state index contributed by atoms with van der Waals surface area (Å²) in [6.07, 6.45) is 5.84. The van der Waals surface area contributed by atoms with Gasteiger partial charge in [0.25, 0.3) is 5.91 Å². The van der Waals surface area contributed by atoms with E-state index in [2.05, 4.69) is 29.6 Å². The summed E-state index contributed by atoms with van der Waals surface area (Å²) in [4.78, 5) is 26.9. The minimum Gasteiger partial charge on any atom is -0.350 e. The zero-order valence-corrected chi connectivity index (χ0v) is 16.5. The molecule has 0 unspecified atom stereocenters. The summed E-state index contributed by atoms with van der Waals surface area (Å²) >= 11 is 0. The number of rotatable bonds is 5. The molecule has 2 amide bonds. The molecule has 0 heterocycles. The molecule has 1 aliphatic carbocycles. The van der Waals surface area contributed by atoms with Crippen LogP contribution in [0.2, 0.25) is 0 Å². The van der Waals surface area contributed by atoms with E-state index < -0.39 is 0 Å². The first-order valence-corrected chi connectivity index (χ1v) is 9.67. The van der Waals surface area contributed by atoms with Crippen LogP contribution in [-0.4, -0.2) is 42.9 Å². The molecule has 5 heteroatoms. The Bertz CT molecular complexity index is 839. The summed E-state index contributed by atoms with van der Waals surface area (Å²) in [6, 6.07) is 11.6. The lowest BCUT2D eigenvalue weighted by Gasteiger charge is -2.43. The molecule has 2 N–H and O–H groups in total. The fourth-order valence-corrected chi connectivity index (χ4v) is 4.05. The first kappa shape index (κ1) is 19.4. The molecule has 1 fully saturated rings. The number of carbonyl (C=O) groups excluding carboxylic acids is 2. The average Bonchev–Trinajstić information content (AvgIpc) is 2.65. The van der Waals surface area contributed by atoms with Gasteiger partial charge in [-0.2, -0.15) is 0 Å².